The molecule has 1 saturated carbocycles. The normalized spacial score (nSPS) is 25.0. The van der Waals surface area contributed by atoms with Crippen LogP contribution in [0, 0.1) is 11.7 Å². The number of carbonyl (C=O) groups excluding carboxylic acids is 1. The maximum Gasteiger partial charge on any atom is 0.245 e. The Bertz CT molecular complexity index is 900. The molecule has 3 heterocycles. The van der Waals surface area contributed by atoms with Gasteiger partial charge in [-0.2, -0.15) is 0 Å². The molecule has 7 heteroatoms. The van der Waals surface area contributed by atoms with E-state index in [1.165, 1.54) is 63.6 Å². The molecule has 0 radical (unpaired) electrons. The number of carbonyl (C=O) groups is 1. The summed E-state index contributed by atoms with van der Waals surface area (Å²) in [5, 5.41) is 3.56. The zero-order valence-electron chi connectivity index (χ0n) is 20.1. The van der Waals surface area contributed by atoms with Crippen LogP contribution in [-0.2, 0) is 9.53 Å². The van der Waals surface area contributed by atoms with Gasteiger partial charge in [0.05, 0.1) is 6.67 Å². The second kappa shape index (κ2) is 10.6. The van der Waals surface area contributed by atoms with Gasteiger partial charge in [-0.1, -0.05) is 44.2 Å². The molecule has 184 valence electrons. The summed E-state index contributed by atoms with van der Waals surface area (Å²) in [6.07, 6.45) is 14.8. The summed E-state index contributed by atoms with van der Waals surface area (Å²) in [5.74, 6) is 1.10. The lowest BCUT2D eigenvalue weighted by atomic mass is 9.85. The maximum atomic E-state index is 13.8. The third kappa shape index (κ3) is 5.05. The van der Waals surface area contributed by atoms with E-state index in [1.807, 2.05) is 11.0 Å². The molecule has 1 aromatic carbocycles. The minimum absolute atomic E-state index is 0.105. The van der Waals surface area contributed by atoms with Gasteiger partial charge in [-0.15, -0.1) is 0 Å². The average molecular weight is 469 g/mol. The van der Waals surface area contributed by atoms with Gasteiger partial charge in [-0.3, -0.25) is 10.1 Å². The molecule has 1 N–H and O–H groups in total. The predicted octanol–water partition coefficient (Wildman–Crippen LogP) is 4.39. The standard InChI is InChI=1S/C27H37FN4O2/c28-23-11-9-22(10-12-23)24(25-29-15-6-18-34-25)32-20-30-27(26(32)33)13-16-31(17-14-27)19-21-7-4-2-1-3-5-8-21/h6,9-12,15,21,24,30H,1-5,7-8,13-14,16-20H2. The van der Waals surface area contributed by atoms with Crippen LogP contribution in [-0.4, -0.2) is 60.1 Å². The molecule has 1 aromatic rings. The Kier molecular flexibility index (Phi) is 7.30. The fourth-order valence-corrected chi connectivity index (χ4v) is 6.05. The van der Waals surface area contributed by atoms with E-state index >= 15 is 0 Å². The number of halogens is 1. The Hall–Kier alpha value is -2.25. The molecule has 1 aliphatic carbocycles. The lowest BCUT2D eigenvalue weighted by Crippen LogP contribution is -2.55. The van der Waals surface area contributed by atoms with Crippen LogP contribution < -0.4 is 5.32 Å². The number of piperidine rings is 1. The molecule has 1 amide bonds. The van der Waals surface area contributed by atoms with Crippen LogP contribution in [0.5, 0.6) is 0 Å². The number of amides is 1. The molecule has 1 unspecified atom stereocenters. The van der Waals surface area contributed by atoms with Gasteiger partial charge < -0.3 is 14.5 Å². The zero-order chi connectivity index (χ0) is 23.4. The summed E-state index contributed by atoms with van der Waals surface area (Å²) in [6, 6.07) is 5.84. The number of benzene rings is 1. The molecule has 3 fully saturated rings. The van der Waals surface area contributed by atoms with Crippen LogP contribution in [0.1, 0.15) is 69.4 Å². The van der Waals surface area contributed by atoms with Crippen molar-refractivity contribution in [2.24, 2.45) is 10.9 Å². The molecule has 0 aromatic heterocycles. The van der Waals surface area contributed by atoms with Gasteiger partial charge in [-0.05, 0) is 55.4 Å². The van der Waals surface area contributed by atoms with E-state index in [2.05, 4.69) is 15.2 Å². The van der Waals surface area contributed by atoms with Crippen molar-refractivity contribution < 1.29 is 13.9 Å². The predicted molar refractivity (Wildman–Crippen MR) is 131 cm³/mol. The lowest BCUT2D eigenvalue weighted by Gasteiger charge is -2.40. The van der Waals surface area contributed by atoms with Crippen molar-refractivity contribution in [1.82, 2.24) is 15.1 Å². The molecule has 34 heavy (non-hydrogen) atoms. The summed E-state index contributed by atoms with van der Waals surface area (Å²) in [7, 11) is 0. The number of ether oxygens (including phenoxy) is 1. The smallest absolute Gasteiger partial charge is 0.245 e. The topological polar surface area (TPSA) is 57.2 Å². The van der Waals surface area contributed by atoms with Crippen LogP contribution >= 0.6 is 0 Å². The number of aliphatic imine (C=N–C) groups is 1. The Morgan fingerprint density at radius 3 is 2.47 bits per heavy atom. The number of hydrogen-bond donors (Lipinski definition) is 1. The first-order valence-electron chi connectivity index (χ1n) is 13.0. The number of nitrogens with zero attached hydrogens (tertiary/aromatic N) is 3. The highest BCUT2D eigenvalue weighted by Gasteiger charge is 2.51. The fourth-order valence-electron chi connectivity index (χ4n) is 6.05. The van der Waals surface area contributed by atoms with Crippen LogP contribution in [0.2, 0.25) is 0 Å². The second-order valence-electron chi connectivity index (χ2n) is 10.3. The van der Waals surface area contributed by atoms with Gasteiger partial charge in [0.1, 0.15) is 24.0 Å². The Morgan fingerprint density at radius 1 is 1.09 bits per heavy atom. The molecule has 1 atom stereocenters. The highest BCUT2D eigenvalue weighted by atomic mass is 19.1. The quantitative estimate of drug-likeness (QED) is 0.696. The first-order valence-corrected chi connectivity index (χ1v) is 13.0. The van der Waals surface area contributed by atoms with Crippen molar-refractivity contribution >= 4 is 11.8 Å². The van der Waals surface area contributed by atoms with Crippen molar-refractivity contribution in [1.29, 1.82) is 0 Å². The van der Waals surface area contributed by atoms with Crippen molar-refractivity contribution in [2.45, 2.75) is 69.4 Å². The van der Waals surface area contributed by atoms with Gasteiger partial charge in [-0.25, -0.2) is 9.38 Å². The van der Waals surface area contributed by atoms with E-state index in [4.69, 9.17) is 4.74 Å². The van der Waals surface area contributed by atoms with Gasteiger partial charge in [0, 0.05) is 25.8 Å². The average Bonchev–Trinajstić information content (AvgIpc) is 3.15. The fraction of sp³-hybridized carbons (Fsp3) is 0.630. The Balaban J connectivity index is 1.26. The van der Waals surface area contributed by atoms with E-state index in [0.717, 1.165) is 37.4 Å². The number of likely N-dealkylation sites (tertiary alicyclic amines) is 1. The summed E-state index contributed by atoms with van der Waals surface area (Å²) in [4.78, 5) is 22.7. The maximum absolute atomic E-state index is 13.8. The molecule has 0 bridgehead atoms. The molecule has 2 saturated heterocycles. The molecule has 6 nitrogen and oxygen atoms in total. The first kappa shape index (κ1) is 23.5. The highest BCUT2D eigenvalue weighted by molar-refractivity contribution is 5.94. The molecular formula is C27H37FN4O2. The summed E-state index contributed by atoms with van der Waals surface area (Å²) in [6.45, 7) is 3.93. The number of hydrogen-bond acceptors (Lipinski definition) is 5. The molecule has 4 aliphatic rings. The van der Waals surface area contributed by atoms with Crippen LogP contribution in [0.15, 0.2) is 41.5 Å². The van der Waals surface area contributed by atoms with E-state index in [1.54, 1.807) is 18.3 Å². The van der Waals surface area contributed by atoms with Gasteiger partial charge in [0.15, 0.2) is 0 Å². The minimum atomic E-state index is -0.527. The third-order valence-electron chi connectivity index (χ3n) is 8.07. The van der Waals surface area contributed by atoms with Crippen molar-refractivity contribution in [3.63, 3.8) is 0 Å². The zero-order valence-corrected chi connectivity index (χ0v) is 20.1. The van der Waals surface area contributed by atoms with E-state index in [0.29, 0.717) is 19.2 Å². The van der Waals surface area contributed by atoms with Crippen molar-refractivity contribution in [3.8, 4) is 0 Å². The van der Waals surface area contributed by atoms with Gasteiger partial charge in [0.25, 0.3) is 0 Å². The largest absolute Gasteiger partial charge is 0.475 e. The lowest BCUT2D eigenvalue weighted by molar-refractivity contribution is -0.135. The van der Waals surface area contributed by atoms with Crippen molar-refractivity contribution in [3.05, 3.63) is 47.9 Å². The number of rotatable bonds is 5. The Morgan fingerprint density at radius 2 is 1.79 bits per heavy atom. The Labute approximate surface area is 202 Å². The third-order valence-corrected chi connectivity index (χ3v) is 8.07. The summed E-state index contributed by atoms with van der Waals surface area (Å²) >= 11 is 0. The molecule has 1 spiro atoms. The van der Waals surface area contributed by atoms with Crippen LogP contribution in [0.3, 0.4) is 0 Å². The van der Waals surface area contributed by atoms with Crippen molar-refractivity contribution in [2.75, 3.05) is 32.9 Å². The van der Waals surface area contributed by atoms with E-state index in [-0.39, 0.29) is 11.7 Å². The van der Waals surface area contributed by atoms with Crippen LogP contribution in [0.25, 0.3) is 0 Å². The minimum Gasteiger partial charge on any atom is -0.475 e. The molecule has 3 aliphatic heterocycles. The molecular weight excluding hydrogens is 431 g/mol. The van der Waals surface area contributed by atoms with Gasteiger partial charge >= 0.3 is 0 Å². The summed E-state index contributed by atoms with van der Waals surface area (Å²) < 4.78 is 19.4. The van der Waals surface area contributed by atoms with E-state index < -0.39 is 11.6 Å². The first-order chi connectivity index (χ1) is 16.6. The van der Waals surface area contributed by atoms with Crippen LogP contribution in [0.4, 0.5) is 4.39 Å². The molecule has 5 rings (SSSR count). The number of nitrogens with one attached hydrogen (secondary N) is 1. The highest BCUT2D eigenvalue weighted by Crippen LogP contribution is 2.35. The van der Waals surface area contributed by atoms with E-state index in [9.17, 15) is 9.18 Å². The monoisotopic (exact) mass is 468 g/mol. The second-order valence-corrected chi connectivity index (χ2v) is 10.3. The van der Waals surface area contributed by atoms with Gasteiger partial charge in [0.2, 0.25) is 11.8 Å². The summed E-state index contributed by atoms with van der Waals surface area (Å²) in [5.41, 5.74) is 0.283. The SMILES string of the molecule is O=C1N(C(C2=NC=CCO2)c2ccc(F)cc2)CNC12CCN(CC1CCCCCCC1)CC2.